The lowest BCUT2D eigenvalue weighted by atomic mass is 10.2. The number of nitrogens with zero attached hydrogens (tertiary/aromatic N) is 2. The summed E-state index contributed by atoms with van der Waals surface area (Å²) in [6.07, 6.45) is 6.03. The molecule has 58 valence electrons. The molecule has 0 aromatic rings. The van der Waals surface area contributed by atoms with Crippen molar-refractivity contribution in [3.05, 3.63) is 23.9 Å². The van der Waals surface area contributed by atoms with Gasteiger partial charge in [0.05, 0.1) is 0 Å². The second kappa shape index (κ2) is 2.12. The summed E-state index contributed by atoms with van der Waals surface area (Å²) in [4.78, 5) is 7.18. The summed E-state index contributed by atoms with van der Waals surface area (Å²) in [7, 11) is 0. The van der Waals surface area contributed by atoms with E-state index in [4.69, 9.17) is 4.84 Å². The maximum atomic E-state index is 5.18. The van der Waals surface area contributed by atoms with Gasteiger partial charge in [-0.3, -0.25) is 4.90 Å². The predicted octanol–water partition coefficient (Wildman–Crippen LogP) is 1.45. The van der Waals surface area contributed by atoms with E-state index in [1.54, 1.807) is 0 Å². The van der Waals surface area contributed by atoms with E-state index >= 15 is 0 Å². The molecule has 0 amide bonds. The third-order valence-corrected chi connectivity index (χ3v) is 1.91. The maximum absolute atomic E-state index is 5.18. The molecule has 2 rings (SSSR count). The molecule has 2 aliphatic rings. The number of fused-ring (bicyclic) bond motifs is 1. The van der Waals surface area contributed by atoms with Gasteiger partial charge in [-0.05, 0) is 25.5 Å². The molecule has 2 heterocycles. The summed E-state index contributed by atoms with van der Waals surface area (Å²) in [5.74, 6) is 0.915. The molecule has 0 aromatic heterocycles. The fourth-order valence-corrected chi connectivity index (χ4v) is 1.25. The third-order valence-electron chi connectivity index (χ3n) is 1.91. The number of hydrogen-bond acceptors (Lipinski definition) is 3. The first-order valence-corrected chi connectivity index (χ1v) is 3.63. The number of rotatable bonds is 0. The minimum Gasteiger partial charge on any atom is -0.364 e. The Hall–Kier alpha value is -1.25. The van der Waals surface area contributed by atoms with E-state index in [0.717, 1.165) is 5.84 Å². The van der Waals surface area contributed by atoms with Crippen molar-refractivity contribution in [1.29, 1.82) is 0 Å². The van der Waals surface area contributed by atoms with Gasteiger partial charge < -0.3 is 4.84 Å². The van der Waals surface area contributed by atoms with Crippen molar-refractivity contribution in [2.75, 3.05) is 0 Å². The van der Waals surface area contributed by atoms with Crippen LogP contribution in [0.1, 0.15) is 13.8 Å². The SMILES string of the molecule is CC1=CC=CN2C(C)=NOC12. The van der Waals surface area contributed by atoms with Crippen LogP contribution in [-0.4, -0.2) is 17.0 Å². The van der Waals surface area contributed by atoms with E-state index in [0.29, 0.717) is 0 Å². The summed E-state index contributed by atoms with van der Waals surface area (Å²) in [6, 6.07) is 0. The number of oxime groups is 1. The highest BCUT2D eigenvalue weighted by Crippen LogP contribution is 2.22. The first-order chi connectivity index (χ1) is 5.29. The molecule has 0 aliphatic carbocycles. The van der Waals surface area contributed by atoms with Gasteiger partial charge in [-0.25, -0.2) is 0 Å². The van der Waals surface area contributed by atoms with E-state index in [1.807, 2.05) is 37.1 Å². The molecule has 0 saturated carbocycles. The first-order valence-electron chi connectivity index (χ1n) is 3.63. The Labute approximate surface area is 65.6 Å². The maximum Gasteiger partial charge on any atom is 0.226 e. The minimum atomic E-state index is 0.0139. The largest absolute Gasteiger partial charge is 0.364 e. The highest BCUT2D eigenvalue weighted by atomic mass is 16.7. The Kier molecular flexibility index (Phi) is 1.24. The van der Waals surface area contributed by atoms with Gasteiger partial charge in [0.2, 0.25) is 6.23 Å². The predicted molar refractivity (Wildman–Crippen MR) is 42.7 cm³/mol. The Morgan fingerprint density at radius 1 is 1.55 bits per heavy atom. The monoisotopic (exact) mass is 150 g/mol. The molecular weight excluding hydrogens is 140 g/mol. The normalized spacial score (nSPS) is 27.5. The quantitative estimate of drug-likeness (QED) is 0.522. The molecule has 3 nitrogen and oxygen atoms in total. The first kappa shape index (κ1) is 6.46. The van der Waals surface area contributed by atoms with Gasteiger partial charge in [0.25, 0.3) is 0 Å². The highest BCUT2D eigenvalue weighted by molar-refractivity contribution is 5.82. The molecule has 0 spiro atoms. The lowest BCUT2D eigenvalue weighted by Gasteiger charge is -2.23. The van der Waals surface area contributed by atoms with Gasteiger partial charge in [0, 0.05) is 6.20 Å². The topological polar surface area (TPSA) is 24.8 Å². The molecule has 0 aromatic carbocycles. The van der Waals surface area contributed by atoms with Crippen LogP contribution in [0.5, 0.6) is 0 Å². The smallest absolute Gasteiger partial charge is 0.226 e. The van der Waals surface area contributed by atoms with Crippen molar-refractivity contribution < 1.29 is 4.84 Å². The summed E-state index contributed by atoms with van der Waals surface area (Å²) in [6.45, 7) is 3.97. The Morgan fingerprint density at radius 3 is 3.09 bits per heavy atom. The van der Waals surface area contributed by atoms with Gasteiger partial charge in [-0.1, -0.05) is 11.2 Å². The van der Waals surface area contributed by atoms with Crippen molar-refractivity contribution in [2.24, 2.45) is 5.16 Å². The molecule has 2 aliphatic heterocycles. The summed E-state index contributed by atoms with van der Waals surface area (Å²) < 4.78 is 0. The molecule has 0 fully saturated rings. The van der Waals surface area contributed by atoms with Crippen LogP contribution in [0.25, 0.3) is 0 Å². The molecular formula is C8H10N2O. The van der Waals surface area contributed by atoms with E-state index in [2.05, 4.69) is 5.16 Å². The van der Waals surface area contributed by atoms with Gasteiger partial charge in [0.15, 0.2) is 0 Å². The standard InChI is InChI=1S/C8H10N2O/c1-6-4-3-5-10-7(2)9-11-8(6)10/h3-5,8H,1-2H3. The van der Waals surface area contributed by atoms with Crippen LogP contribution in [-0.2, 0) is 4.84 Å². The molecule has 1 unspecified atom stereocenters. The molecule has 3 heteroatoms. The summed E-state index contributed by atoms with van der Waals surface area (Å²) >= 11 is 0. The Bertz CT molecular complexity index is 265. The van der Waals surface area contributed by atoms with E-state index in [-0.39, 0.29) is 6.23 Å². The second-order valence-electron chi connectivity index (χ2n) is 2.76. The van der Waals surface area contributed by atoms with E-state index < -0.39 is 0 Å². The van der Waals surface area contributed by atoms with Crippen molar-refractivity contribution >= 4 is 5.84 Å². The molecule has 0 N–H and O–H groups in total. The van der Waals surface area contributed by atoms with Gasteiger partial charge >= 0.3 is 0 Å². The number of allylic oxidation sites excluding steroid dienone is 2. The third kappa shape index (κ3) is 0.843. The van der Waals surface area contributed by atoms with Gasteiger partial charge in [-0.2, -0.15) is 0 Å². The highest BCUT2D eigenvalue weighted by Gasteiger charge is 2.28. The zero-order valence-electron chi connectivity index (χ0n) is 6.61. The fourth-order valence-electron chi connectivity index (χ4n) is 1.25. The average molecular weight is 150 g/mol. The number of amidine groups is 1. The molecule has 0 radical (unpaired) electrons. The van der Waals surface area contributed by atoms with Gasteiger partial charge in [-0.15, -0.1) is 0 Å². The summed E-state index contributed by atoms with van der Waals surface area (Å²) in [5, 5.41) is 3.88. The van der Waals surface area contributed by atoms with Crippen LogP contribution in [0.3, 0.4) is 0 Å². The lowest BCUT2D eigenvalue weighted by Crippen LogP contribution is -2.32. The average Bonchev–Trinajstić information content (AvgIpc) is 2.35. The Morgan fingerprint density at radius 2 is 2.36 bits per heavy atom. The lowest BCUT2D eigenvalue weighted by molar-refractivity contribution is 0.0547. The Balaban J connectivity index is 2.30. The zero-order valence-corrected chi connectivity index (χ0v) is 6.61. The summed E-state index contributed by atoms with van der Waals surface area (Å²) in [5.41, 5.74) is 1.19. The fraction of sp³-hybridized carbons (Fsp3) is 0.375. The van der Waals surface area contributed by atoms with Crippen molar-refractivity contribution in [2.45, 2.75) is 20.1 Å². The van der Waals surface area contributed by atoms with Crippen LogP contribution < -0.4 is 0 Å². The zero-order chi connectivity index (χ0) is 7.84. The molecule has 11 heavy (non-hydrogen) atoms. The number of hydrogen-bond donors (Lipinski definition) is 0. The van der Waals surface area contributed by atoms with Crippen LogP contribution in [0, 0.1) is 0 Å². The second-order valence-corrected chi connectivity index (χ2v) is 2.76. The molecule has 1 atom stereocenters. The van der Waals surface area contributed by atoms with Crippen molar-refractivity contribution in [1.82, 2.24) is 4.90 Å². The molecule has 0 bridgehead atoms. The van der Waals surface area contributed by atoms with Crippen LogP contribution in [0.15, 0.2) is 29.1 Å². The van der Waals surface area contributed by atoms with E-state index in [9.17, 15) is 0 Å². The minimum absolute atomic E-state index is 0.0139. The van der Waals surface area contributed by atoms with Crippen LogP contribution in [0.2, 0.25) is 0 Å². The van der Waals surface area contributed by atoms with Crippen molar-refractivity contribution in [3.63, 3.8) is 0 Å². The van der Waals surface area contributed by atoms with Gasteiger partial charge in [0.1, 0.15) is 5.84 Å². The van der Waals surface area contributed by atoms with E-state index in [1.165, 1.54) is 5.57 Å². The van der Waals surface area contributed by atoms with Crippen molar-refractivity contribution in [3.8, 4) is 0 Å². The van der Waals surface area contributed by atoms with Crippen LogP contribution in [0.4, 0.5) is 0 Å². The molecule has 0 saturated heterocycles. The van der Waals surface area contributed by atoms with Crippen LogP contribution >= 0.6 is 0 Å².